The first-order chi connectivity index (χ1) is 10.1. The molecular formula is C13H16Cl2N2O4S. The molecule has 0 spiro atoms. The van der Waals surface area contributed by atoms with E-state index in [2.05, 4.69) is 10.6 Å². The van der Waals surface area contributed by atoms with E-state index in [0.717, 1.165) is 6.26 Å². The van der Waals surface area contributed by atoms with Crippen LogP contribution in [0.3, 0.4) is 0 Å². The maximum Gasteiger partial charge on any atom is 0.251 e. The fourth-order valence-electron chi connectivity index (χ4n) is 1.44. The molecule has 1 rings (SSSR count). The average Bonchev–Trinajstić information content (AvgIpc) is 2.44. The fourth-order valence-corrected chi connectivity index (χ4v) is 2.21. The third-order valence-corrected chi connectivity index (χ3v) is 5.14. The van der Waals surface area contributed by atoms with E-state index in [-0.39, 0.29) is 24.0 Å². The van der Waals surface area contributed by atoms with Crippen LogP contribution in [0.2, 0.25) is 10.0 Å². The van der Waals surface area contributed by atoms with E-state index in [1.165, 1.54) is 25.1 Å². The third-order valence-electron chi connectivity index (χ3n) is 2.90. The van der Waals surface area contributed by atoms with Crippen LogP contribution in [0.15, 0.2) is 18.2 Å². The van der Waals surface area contributed by atoms with Gasteiger partial charge < -0.3 is 10.6 Å². The first kappa shape index (κ1) is 18.7. The maximum atomic E-state index is 11.8. The van der Waals surface area contributed by atoms with Crippen LogP contribution in [0.1, 0.15) is 17.3 Å². The molecule has 0 fully saturated rings. The molecule has 0 aliphatic carbocycles. The minimum atomic E-state index is -3.43. The van der Waals surface area contributed by atoms with E-state index in [4.69, 9.17) is 23.2 Å². The number of nitrogens with one attached hydrogen (secondary N) is 2. The number of amides is 2. The van der Waals surface area contributed by atoms with Gasteiger partial charge in [0.2, 0.25) is 5.91 Å². The third kappa shape index (κ3) is 5.47. The number of benzene rings is 1. The van der Waals surface area contributed by atoms with Gasteiger partial charge in [-0.1, -0.05) is 23.2 Å². The van der Waals surface area contributed by atoms with Crippen molar-refractivity contribution in [2.75, 3.05) is 19.3 Å². The lowest BCUT2D eigenvalue weighted by Crippen LogP contribution is -2.41. The zero-order chi connectivity index (χ0) is 16.9. The zero-order valence-corrected chi connectivity index (χ0v) is 14.3. The number of hydrogen-bond acceptors (Lipinski definition) is 4. The Morgan fingerprint density at radius 1 is 1.14 bits per heavy atom. The lowest BCUT2D eigenvalue weighted by atomic mass is 10.2. The number of halogens is 2. The standard InChI is InChI=1S/C13H16Cl2N2O4S/c1-8(22(2,20)21)12(18)16-5-6-17-13(19)9-3-4-10(14)11(15)7-9/h3-4,7-8H,5-6H2,1-2H3,(H,16,18)(H,17,19). The van der Waals surface area contributed by atoms with Crippen molar-refractivity contribution in [3.63, 3.8) is 0 Å². The Morgan fingerprint density at radius 2 is 1.73 bits per heavy atom. The van der Waals surface area contributed by atoms with Gasteiger partial charge in [-0.05, 0) is 25.1 Å². The molecule has 1 unspecified atom stereocenters. The molecule has 2 N–H and O–H groups in total. The first-order valence-corrected chi connectivity index (χ1v) is 9.04. The van der Waals surface area contributed by atoms with Gasteiger partial charge in [0.25, 0.3) is 5.91 Å². The Labute approximate surface area is 139 Å². The minimum Gasteiger partial charge on any atom is -0.353 e. The van der Waals surface area contributed by atoms with Crippen LogP contribution in [-0.2, 0) is 14.6 Å². The van der Waals surface area contributed by atoms with Gasteiger partial charge in [-0.15, -0.1) is 0 Å². The summed E-state index contributed by atoms with van der Waals surface area (Å²) in [7, 11) is -3.43. The highest BCUT2D eigenvalue weighted by molar-refractivity contribution is 7.92. The molecule has 0 saturated carbocycles. The Morgan fingerprint density at radius 3 is 2.27 bits per heavy atom. The fraction of sp³-hybridized carbons (Fsp3) is 0.385. The van der Waals surface area contributed by atoms with Crippen molar-refractivity contribution in [2.45, 2.75) is 12.2 Å². The second-order valence-corrected chi connectivity index (χ2v) is 7.83. The van der Waals surface area contributed by atoms with E-state index in [1.807, 2.05) is 0 Å². The van der Waals surface area contributed by atoms with Gasteiger partial charge in [0.1, 0.15) is 5.25 Å². The van der Waals surface area contributed by atoms with E-state index in [9.17, 15) is 18.0 Å². The Bertz CT molecular complexity index is 677. The van der Waals surface area contributed by atoms with Gasteiger partial charge in [-0.3, -0.25) is 9.59 Å². The van der Waals surface area contributed by atoms with E-state index < -0.39 is 21.0 Å². The molecule has 0 saturated heterocycles. The Kier molecular flexibility index (Phi) is 6.65. The summed E-state index contributed by atoms with van der Waals surface area (Å²) in [4.78, 5) is 23.4. The topological polar surface area (TPSA) is 92.3 Å². The molecule has 2 amide bonds. The maximum absolute atomic E-state index is 11.8. The summed E-state index contributed by atoms with van der Waals surface area (Å²) in [5.41, 5.74) is 0.338. The number of hydrogen-bond donors (Lipinski definition) is 2. The number of rotatable bonds is 6. The predicted molar refractivity (Wildman–Crippen MR) is 86.1 cm³/mol. The summed E-state index contributed by atoms with van der Waals surface area (Å²) in [6.07, 6.45) is 0.989. The molecule has 0 aliphatic rings. The molecule has 0 heterocycles. The average molecular weight is 367 g/mol. The van der Waals surface area contributed by atoms with Crippen molar-refractivity contribution in [3.8, 4) is 0 Å². The van der Waals surface area contributed by atoms with E-state index >= 15 is 0 Å². The van der Waals surface area contributed by atoms with Gasteiger partial charge in [0.15, 0.2) is 9.84 Å². The molecule has 122 valence electrons. The molecule has 6 nitrogen and oxygen atoms in total. The van der Waals surface area contributed by atoms with Crippen LogP contribution in [0, 0.1) is 0 Å². The minimum absolute atomic E-state index is 0.117. The summed E-state index contributed by atoms with van der Waals surface area (Å²) in [5.74, 6) is -0.977. The molecule has 0 bridgehead atoms. The lowest BCUT2D eigenvalue weighted by molar-refractivity contribution is -0.120. The quantitative estimate of drug-likeness (QED) is 0.741. The Balaban J connectivity index is 2.43. The molecule has 0 aliphatic heterocycles. The Hall–Kier alpha value is -1.31. The van der Waals surface area contributed by atoms with Crippen molar-refractivity contribution in [3.05, 3.63) is 33.8 Å². The van der Waals surface area contributed by atoms with E-state index in [0.29, 0.717) is 10.6 Å². The van der Waals surface area contributed by atoms with Crippen LogP contribution in [0.5, 0.6) is 0 Å². The molecule has 0 radical (unpaired) electrons. The normalized spacial score (nSPS) is 12.5. The molecule has 1 aromatic carbocycles. The van der Waals surface area contributed by atoms with Crippen molar-refractivity contribution >= 4 is 44.9 Å². The largest absolute Gasteiger partial charge is 0.353 e. The molecule has 22 heavy (non-hydrogen) atoms. The zero-order valence-electron chi connectivity index (χ0n) is 12.0. The molecule has 1 aromatic rings. The molecule has 1 atom stereocenters. The highest BCUT2D eigenvalue weighted by Gasteiger charge is 2.22. The first-order valence-electron chi connectivity index (χ1n) is 6.32. The summed E-state index contributed by atoms with van der Waals surface area (Å²) >= 11 is 11.6. The molecule has 9 heteroatoms. The van der Waals surface area contributed by atoms with E-state index in [1.54, 1.807) is 0 Å². The van der Waals surface area contributed by atoms with Gasteiger partial charge in [0, 0.05) is 24.9 Å². The van der Waals surface area contributed by atoms with Gasteiger partial charge in [-0.25, -0.2) is 8.42 Å². The molecule has 0 aromatic heterocycles. The smallest absolute Gasteiger partial charge is 0.251 e. The number of carbonyl (C=O) groups is 2. The highest BCUT2D eigenvalue weighted by Crippen LogP contribution is 2.22. The number of carbonyl (C=O) groups excluding carboxylic acids is 2. The van der Waals surface area contributed by atoms with Crippen LogP contribution in [0.4, 0.5) is 0 Å². The van der Waals surface area contributed by atoms with Crippen molar-refractivity contribution in [2.24, 2.45) is 0 Å². The van der Waals surface area contributed by atoms with Gasteiger partial charge >= 0.3 is 0 Å². The monoisotopic (exact) mass is 366 g/mol. The predicted octanol–water partition coefficient (Wildman–Crippen LogP) is 1.27. The van der Waals surface area contributed by atoms with Crippen LogP contribution in [-0.4, -0.2) is 44.8 Å². The summed E-state index contributed by atoms with van der Waals surface area (Å²) < 4.78 is 22.4. The van der Waals surface area contributed by atoms with Crippen molar-refractivity contribution < 1.29 is 18.0 Å². The van der Waals surface area contributed by atoms with Crippen molar-refractivity contribution in [1.82, 2.24) is 10.6 Å². The highest BCUT2D eigenvalue weighted by atomic mass is 35.5. The van der Waals surface area contributed by atoms with Crippen LogP contribution in [0.25, 0.3) is 0 Å². The second kappa shape index (κ2) is 7.80. The SMILES string of the molecule is CC(C(=O)NCCNC(=O)c1ccc(Cl)c(Cl)c1)S(C)(=O)=O. The summed E-state index contributed by atoms with van der Waals surface area (Å²) in [5, 5.41) is 4.50. The lowest BCUT2D eigenvalue weighted by Gasteiger charge is -2.11. The van der Waals surface area contributed by atoms with Gasteiger partial charge in [-0.2, -0.15) is 0 Å². The number of sulfone groups is 1. The van der Waals surface area contributed by atoms with Gasteiger partial charge in [0.05, 0.1) is 10.0 Å². The summed E-state index contributed by atoms with van der Waals surface area (Å²) in [6.45, 7) is 1.58. The van der Waals surface area contributed by atoms with Crippen LogP contribution < -0.4 is 10.6 Å². The molecular weight excluding hydrogens is 351 g/mol. The summed E-state index contributed by atoms with van der Waals surface area (Å²) in [6, 6.07) is 4.46. The van der Waals surface area contributed by atoms with Crippen molar-refractivity contribution in [1.29, 1.82) is 0 Å². The van der Waals surface area contributed by atoms with Crippen LogP contribution >= 0.6 is 23.2 Å². The second-order valence-electron chi connectivity index (χ2n) is 4.65.